The summed E-state index contributed by atoms with van der Waals surface area (Å²) in [6, 6.07) is 3.52. The minimum absolute atomic E-state index is 0.0578. The van der Waals surface area contributed by atoms with Crippen LogP contribution in [0.3, 0.4) is 0 Å². The number of methoxy groups -OCH3 is 1. The van der Waals surface area contributed by atoms with Gasteiger partial charge in [-0.3, -0.25) is 4.79 Å². The Bertz CT molecular complexity index is 1410. The SMILES string of the molecule is COc1ccc2nc3c(nc2c1)O[C@H]1CN(C(=O)[C@H](C2(C)CCCC2)NC(=O)O[C@@H]2C[C@H]2CCCCCC3)[C@H](C(=O)O)[C@@H]1C. The Kier molecular flexibility index (Phi) is 8.57. The van der Waals surface area contributed by atoms with E-state index in [9.17, 15) is 19.5 Å². The summed E-state index contributed by atoms with van der Waals surface area (Å²) in [6.07, 6.45) is 8.61. The molecule has 4 aliphatic rings. The zero-order valence-electron chi connectivity index (χ0n) is 25.9. The first-order valence-corrected chi connectivity index (χ1v) is 16.2. The number of amides is 2. The molecule has 2 amide bonds. The van der Waals surface area contributed by atoms with Crippen LogP contribution in [-0.4, -0.2) is 75.9 Å². The van der Waals surface area contributed by atoms with Crippen LogP contribution >= 0.6 is 0 Å². The number of rotatable bonds is 3. The quantitative estimate of drug-likeness (QED) is 0.499. The summed E-state index contributed by atoms with van der Waals surface area (Å²) in [5.74, 6) is -0.687. The van der Waals surface area contributed by atoms with Gasteiger partial charge in [0, 0.05) is 12.0 Å². The van der Waals surface area contributed by atoms with Gasteiger partial charge >= 0.3 is 12.1 Å². The van der Waals surface area contributed by atoms with E-state index in [0.29, 0.717) is 29.5 Å². The van der Waals surface area contributed by atoms with Gasteiger partial charge in [0.1, 0.15) is 35.7 Å². The third kappa shape index (κ3) is 6.15. The predicted molar refractivity (Wildman–Crippen MR) is 161 cm³/mol. The van der Waals surface area contributed by atoms with Gasteiger partial charge in [-0.05, 0) is 62.0 Å². The van der Waals surface area contributed by atoms with Crippen LogP contribution in [0.15, 0.2) is 18.2 Å². The van der Waals surface area contributed by atoms with E-state index in [0.717, 1.165) is 75.4 Å². The molecule has 6 atom stereocenters. The highest BCUT2D eigenvalue weighted by Crippen LogP contribution is 2.43. The van der Waals surface area contributed by atoms with E-state index in [-0.39, 0.29) is 12.6 Å². The van der Waals surface area contributed by atoms with Gasteiger partial charge in [-0.1, -0.05) is 46.0 Å². The number of hydrogen-bond donors (Lipinski definition) is 2. The summed E-state index contributed by atoms with van der Waals surface area (Å²) >= 11 is 0. The third-order valence-corrected chi connectivity index (χ3v) is 10.3. The van der Waals surface area contributed by atoms with Gasteiger partial charge in [-0.15, -0.1) is 0 Å². The number of carbonyl (C=O) groups excluding carboxylic acids is 2. The van der Waals surface area contributed by atoms with Gasteiger partial charge in [-0.25, -0.2) is 19.6 Å². The van der Waals surface area contributed by atoms with Gasteiger partial charge in [0.2, 0.25) is 11.8 Å². The number of alkyl carbamates (subject to hydrolysis) is 1. The number of carboxylic acid groups (broad SMARTS) is 1. The molecule has 2 aromatic rings. The molecule has 6 rings (SSSR count). The average molecular weight is 609 g/mol. The van der Waals surface area contributed by atoms with Crippen LogP contribution in [0.25, 0.3) is 11.0 Å². The first kappa shape index (κ1) is 30.4. The molecular formula is C33H44N4O7. The topological polar surface area (TPSA) is 140 Å². The van der Waals surface area contributed by atoms with Gasteiger partial charge in [0.05, 0.1) is 24.7 Å². The summed E-state index contributed by atoms with van der Waals surface area (Å²) in [4.78, 5) is 51.2. The molecule has 1 aromatic heterocycles. The van der Waals surface area contributed by atoms with Gasteiger partial charge in [-0.2, -0.15) is 0 Å². The van der Waals surface area contributed by atoms with Crippen molar-refractivity contribution in [3.63, 3.8) is 0 Å². The zero-order chi connectivity index (χ0) is 31.0. The molecule has 0 radical (unpaired) electrons. The van der Waals surface area contributed by atoms with E-state index in [1.807, 2.05) is 19.1 Å². The number of nitrogens with one attached hydrogen (secondary N) is 1. The molecule has 1 aromatic carbocycles. The summed E-state index contributed by atoms with van der Waals surface area (Å²) in [6.45, 7) is 3.86. The Labute approximate surface area is 258 Å². The number of aliphatic carboxylic acids is 1. The fourth-order valence-electron chi connectivity index (χ4n) is 7.45. The van der Waals surface area contributed by atoms with Crippen molar-refractivity contribution in [1.29, 1.82) is 0 Å². The number of aryl methyl sites for hydroxylation is 1. The normalized spacial score (nSPS) is 30.9. The fourth-order valence-corrected chi connectivity index (χ4v) is 7.45. The Balaban J connectivity index is 1.35. The highest BCUT2D eigenvalue weighted by Gasteiger charge is 2.52. The highest BCUT2D eigenvalue weighted by atomic mass is 16.6. The van der Waals surface area contributed by atoms with Gasteiger partial charge in [0.25, 0.3) is 0 Å². The zero-order valence-corrected chi connectivity index (χ0v) is 25.9. The van der Waals surface area contributed by atoms with Crippen LogP contribution in [0.4, 0.5) is 4.79 Å². The lowest BCUT2D eigenvalue weighted by atomic mass is 9.79. The van der Waals surface area contributed by atoms with Crippen molar-refractivity contribution in [3.05, 3.63) is 23.9 Å². The van der Waals surface area contributed by atoms with Crippen LogP contribution in [0.5, 0.6) is 11.6 Å². The van der Waals surface area contributed by atoms with Crippen LogP contribution in [0, 0.1) is 17.3 Å². The molecule has 44 heavy (non-hydrogen) atoms. The maximum absolute atomic E-state index is 14.3. The molecule has 0 unspecified atom stereocenters. The summed E-state index contributed by atoms with van der Waals surface area (Å²) in [5, 5.41) is 13.2. The molecule has 2 bridgehead atoms. The Morgan fingerprint density at radius 1 is 1.05 bits per heavy atom. The van der Waals surface area contributed by atoms with Crippen LogP contribution in [0.2, 0.25) is 0 Å². The minimum atomic E-state index is -1.12. The monoisotopic (exact) mass is 608 g/mol. The van der Waals surface area contributed by atoms with Crippen molar-refractivity contribution in [1.82, 2.24) is 20.2 Å². The van der Waals surface area contributed by atoms with Crippen LogP contribution < -0.4 is 14.8 Å². The van der Waals surface area contributed by atoms with Crippen LogP contribution in [-0.2, 0) is 20.7 Å². The molecule has 2 aliphatic heterocycles. The maximum atomic E-state index is 14.3. The van der Waals surface area contributed by atoms with Crippen molar-refractivity contribution in [2.45, 2.75) is 109 Å². The molecule has 0 spiro atoms. The standard InChI is InChI=1S/C33H44N4O7/c1-19-26-18-37(27(19)31(39)40)30(38)28(33(2)14-8-9-15-33)36-32(41)44-25-16-20(25)10-6-4-5-7-11-23-29(43-26)35-24-17-21(42-3)12-13-22(24)34-23/h12-13,17,19-20,25-28H,4-11,14-16,18H2,1-3H3,(H,36,41)(H,39,40)/t19-,20-,25-,26+,27+,28-/m1/s1. The number of aromatic nitrogens is 2. The second-order valence-corrected chi connectivity index (χ2v) is 13.5. The molecule has 2 saturated carbocycles. The molecule has 2 N–H and O–H groups in total. The minimum Gasteiger partial charge on any atom is -0.497 e. The van der Waals surface area contributed by atoms with Crippen molar-refractivity contribution in [3.8, 4) is 11.6 Å². The molecule has 11 nitrogen and oxygen atoms in total. The second-order valence-electron chi connectivity index (χ2n) is 13.5. The first-order valence-electron chi connectivity index (χ1n) is 16.2. The highest BCUT2D eigenvalue weighted by molar-refractivity contribution is 5.91. The van der Waals surface area contributed by atoms with Crippen molar-refractivity contribution in [2.24, 2.45) is 17.3 Å². The van der Waals surface area contributed by atoms with Crippen LogP contribution in [0.1, 0.15) is 83.7 Å². The lowest BCUT2D eigenvalue weighted by Crippen LogP contribution is -2.58. The molecule has 2 aliphatic carbocycles. The van der Waals surface area contributed by atoms with E-state index in [1.165, 1.54) is 4.90 Å². The van der Waals surface area contributed by atoms with Crippen molar-refractivity contribution < 1.29 is 33.7 Å². The predicted octanol–water partition coefficient (Wildman–Crippen LogP) is 4.89. The number of benzene rings is 1. The smallest absolute Gasteiger partial charge is 0.408 e. The molecule has 11 heteroatoms. The number of hydrogen-bond acceptors (Lipinski definition) is 8. The second kappa shape index (κ2) is 12.4. The fraction of sp³-hybridized carbons (Fsp3) is 0.667. The van der Waals surface area contributed by atoms with Crippen molar-refractivity contribution >= 4 is 29.0 Å². The number of carboxylic acids is 1. The van der Waals surface area contributed by atoms with E-state index in [2.05, 4.69) is 5.32 Å². The summed E-state index contributed by atoms with van der Waals surface area (Å²) in [7, 11) is 1.59. The van der Waals surface area contributed by atoms with Gasteiger partial charge < -0.3 is 29.5 Å². The Morgan fingerprint density at radius 2 is 1.82 bits per heavy atom. The largest absolute Gasteiger partial charge is 0.497 e. The summed E-state index contributed by atoms with van der Waals surface area (Å²) < 4.78 is 17.7. The van der Waals surface area contributed by atoms with E-state index in [1.54, 1.807) is 20.1 Å². The molecule has 238 valence electrons. The Hall–Kier alpha value is -3.63. The van der Waals surface area contributed by atoms with E-state index in [4.69, 9.17) is 24.2 Å². The number of ether oxygens (including phenoxy) is 3. The average Bonchev–Trinajstić information content (AvgIpc) is 3.41. The van der Waals surface area contributed by atoms with Gasteiger partial charge in [0.15, 0.2) is 0 Å². The molecule has 1 saturated heterocycles. The number of nitrogens with zero attached hydrogens (tertiary/aromatic N) is 3. The van der Waals surface area contributed by atoms with E-state index >= 15 is 0 Å². The first-order chi connectivity index (χ1) is 21.2. The Morgan fingerprint density at radius 3 is 2.57 bits per heavy atom. The maximum Gasteiger partial charge on any atom is 0.408 e. The molecular weight excluding hydrogens is 564 g/mol. The van der Waals surface area contributed by atoms with Crippen molar-refractivity contribution in [2.75, 3.05) is 13.7 Å². The van der Waals surface area contributed by atoms with E-state index < -0.39 is 47.5 Å². The lowest BCUT2D eigenvalue weighted by Gasteiger charge is -2.37. The lowest BCUT2D eigenvalue weighted by molar-refractivity contribution is -0.151. The third-order valence-electron chi connectivity index (χ3n) is 10.3. The summed E-state index contributed by atoms with van der Waals surface area (Å²) in [5.41, 5.74) is 1.57. The molecule has 3 fully saturated rings. The number of carbonyl (C=O) groups is 3. The molecule has 3 heterocycles. The number of fused-ring (bicyclic) bond motifs is 5.